The molecule has 0 amide bonds. The molecular weight excluding hydrogens is 134 g/mol. The van der Waals surface area contributed by atoms with Gasteiger partial charge < -0.3 is 6.15 Å². The van der Waals surface area contributed by atoms with Gasteiger partial charge in [0.25, 0.3) is 0 Å². The Morgan fingerprint density at radius 1 is 1.27 bits per heavy atom. The van der Waals surface area contributed by atoms with Crippen LogP contribution in [0.4, 0.5) is 0 Å². The normalized spacial score (nSPS) is 26.3. The van der Waals surface area contributed by atoms with Crippen LogP contribution in [0.2, 0.25) is 0 Å². The minimum absolute atomic E-state index is 0. The van der Waals surface area contributed by atoms with Crippen molar-refractivity contribution in [3.63, 3.8) is 0 Å². The molecule has 1 atom stereocenters. The van der Waals surface area contributed by atoms with E-state index < -0.39 is 0 Å². The first-order valence-corrected chi connectivity index (χ1v) is 4.13. The first-order chi connectivity index (χ1) is 4.63. The molecule has 0 radical (unpaired) electrons. The van der Waals surface area contributed by atoms with Crippen LogP contribution < -0.4 is 6.15 Å². The van der Waals surface area contributed by atoms with Crippen molar-refractivity contribution >= 4 is 0 Å². The molecule has 1 fully saturated rings. The van der Waals surface area contributed by atoms with Crippen LogP contribution in [-0.2, 0) is 0 Å². The van der Waals surface area contributed by atoms with Gasteiger partial charge in [-0.25, -0.2) is 0 Å². The van der Waals surface area contributed by atoms with Crippen LogP contribution >= 0.6 is 0 Å². The van der Waals surface area contributed by atoms with Crippen molar-refractivity contribution in [2.24, 2.45) is 11.3 Å². The second-order valence-electron chi connectivity index (χ2n) is 3.78. The van der Waals surface area contributed by atoms with Crippen LogP contribution in [0.25, 0.3) is 0 Å². The van der Waals surface area contributed by atoms with Gasteiger partial charge in [0.05, 0.1) is 0 Å². The van der Waals surface area contributed by atoms with Gasteiger partial charge in [-0.2, -0.15) is 0 Å². The van der Waals surface area contributed by atoms with Crippen molar-refractivity contribution in [1.29, 1.82) is 0 Å². The average molecular weight is 157 g/mol. The Morgan fingerprint density at radius 2 is 1.73 bits per heavy atom. The Hall–Kier alpha value is -0.300. The minimum Gasteiger partial charge on any atom is -0.344 e. The summed E-state index contributed by atoms with van der Waals surface area (Å²) in [6.07, 6.45) is 4.34. The van der Waals surface area contributed by atoms with Crippen LogP contribution in [0.1, 0.15) is 40.0 Å². The molecule has 3 N–H and O–H groups in total. The van der Waals surface area contributed by atoms with Crippen LogP contribution in [0.3, 0.4) is 0 Å². The van der Waals surface area contributed by atoms with Crippen molar-refractivity contribution in [3.05, 3.63) is 13.2 Å². The van der Waals surface area contributed by atoms with Gasteiger partial charge in [0, 0.05) is 0 Å². The highest BCUT2D eigenvalue weighted by Gasteiger charge is 2.30. The Morgan fingerprint density at radius 3 is 1.82 bits per heavy atom. The SMILES string of the molecule is C=C.C[C@@H]1CCCC1(C)C.N. The van der Waals surface area contributed by atoms with E-state index in [9.17, 15) is 0 Å². The summed E-state index contributed by atoms with van der Waals surface area (Å²) in [6, 6.07) is 0. The third-order valence-corrected chi connectivity index (χ3v) is 2.79. The molecule has 1 heteroatoms. The lowest BCUT2D eigenvalue weighted by Crippen LogP contribution is -2.13. The summed E-state index contributed by atoms with van der Waals surface area (Å²) in [5.41, 5.74) is 0.653. The zero-order chi connectivity index (χ0) is 8.20. The smallest absolute Gasteiger partial charge is 0.0329 e. The average Bonchev–Trinajstić information content (AvgIpc) is 2.17. The molecule has 1 nitrogen and oxygen atoms in total. The third-order valence-electron chi connectivity index (χ3n) is 2.79. The van der Waals surface area contributed by atoms with Crippen LogP contribution in [0.5, 0.6) is 0 Å². The van der Waals surface area contributed by atoms with Crippen molar-refractivity contribution in [3.8, 4) is 0 Å². The predicted molar refractivity (Wildman–Crippen MR) is 53.1 cm³/mol. The second-order valence-corrected chi connectivity index (χ2v) is 3.78. The monoisotopic (exact) mass is 157 g/mol. The summed E-state index contributed by atoms with van der Waals surface area (Å²) in [5.74, 6) is 0.961. The molecule has 0 aromatic rings. The maximum absolute atomic E-state index is 3.00. The van der Waals surface area contributed by atoms with E-state index in [1.807, 2.05) is 0 Å². The predicted octanol–water partition coefficient (Wildman–Crippen LogP) is 3.80. The van der Waals surface area contributed by atoms with E-state index in [0.29, 0.717) is 5.41 Å². The topological polar surface area (TPSA) is 35.0 Å². The number of rotatable bonds is 0. The molecular formula is C10H23N. The van der Waals surface area contributed by atoms with Crippen LogP contribution in [0.15, 0.2) is 13.2 Å². The van der Waals surface area contributed by atoms with Gasteiger partial charge in [0.15, 0.2) is 0 Å². The summed E-state index contributed by atoms with van der Waals surface area (Å²) < 4.78 is 0. The first-order valence-electron chi connectivity index (χ1n) is 4.13. The fourth-order valence-electron chi connectivity index (χ4n) is 1.50. The zero-order valence-corrected chi connectivity index (χ0v) is 8.32. The van der Waals surface area contributed by atoms with Gasteiger partial charge in [0.2, 0.25) is 0 Å². The van der Waals surface area contributed by atoms with Gasteiger partial charge in [-0.1, -0.05) is 33.6 Å². The molecule has 0 spiro atoms. The molecule has 1 aliphatic rings. The molecule has 0 bridgehead atoms. The van der Waals surface area contributed by atoms with E-state index >= 15 is 0 Å². The van der Waals surface area contributed by atoms with E-state index in [1.165, 1.54) is 19.3 Å². The molecule has 1 aliphatic carbocycles. The fourth-order valence-corrected chi connectivity index (χ4v) is 1.50. The highest BCUT2D eigenvalue weighted by Crippen LogP contribution is 2.41. The van der Waals surface area contributed by atoms with Gasteiger partial charge in [0.1, 0.15) is 0 Å². The maximum atomic E-state index is 3.00. The van der Waals surface area contributed by atoms with Crippen molar-refractivity contribution < 1.29 is 0 Å². The van der Waals surface area contributed by atoms with Crippen molar-refractivity contribution in [1.82, 2.24) is 6.15 Å². The third kappa shape index (κ3) is 3.57. The van der Waals surface area contributed by atoms with Gasteiger partial charge in [-0.15, -0.1) is 13.2 Å². The summed E-state index contributed by atoms with van der Waals surface area (Å²) in [7, 11) is 0. The highest BCUT2D eigenvalue weighted by molar-refractivity contribution is 4.81. The molecule has 0 saturated heterocycles. The minimum atomic E-state index is 0. The second kappa shape index (κ2) is 5.36. The molecule has 0 aliphatic heterocycles. The summed E-state index contributed by atoms with van der Waals surface area (Å²) in [4.78, 5) is 0. The van der Waals surface area contributed by atoms with Crippen LogP contribution in [-0.4, -0.2) is 0 Å². The first kappa shape index (κ1) is 13.3. The van der Waals surface area contributed by atoms with Gasteiger partial charge >= 0.3 is 0 Å². The Labute approximate surface area is 71.5 Å². The van der Waals surface area contributed by atoms with Crippen molar-refractivity contribution in [2.45, 2.75) is 40.0 Å². The number of hydrogen-bond donors (Lipinski definition) is 1. The number of hydrogen-bond acceptors (Lipinski definition) is 1. The van der Waals surface area contributed by atoms with E-state index in [4.69, 9.17) is 0 Å². The zero-order valence-electron chi connectivity index (χ0n) is 8.32. The molecule has 11 heavy (non-hydrogen) atoms. The standard InChI is InChI=1S/C8H16.C2H4.H3N/c1-7-5-4-6-8(7,2)3;1-2;/h7H,4-6H2,1-3H3;1-2H2;1H3/t7-;;/m1../s1. The maximum Gasteiger partial charge on any atom is -0.0329 e. The molecule has 0 unspecified atom stereocenters. The lowest BCUT2D eigenvalue weighted by molar-refractivity contribution is 0.281. The Kier molecular flexibility index (Phi) is 6.49. The fraction of sp³-hybridized carbons (Fsp3) is 0.800. The summed E-state index contributed by atoms with van der Waals surface area (Å²) in [5, 5.41) is 0. The molecule has 0 aromatic carbocycles. The Balaban J connectivity index is 0. The molecule has 1 saturated carbocycles. The molecule has 0 aromatic heterocycles. The van der Waals surface area contributed by atoms with Gasteiger partial charge in [-0.3, -0.25) is 0 Å². The lowest BCUT2D eigenvalue weighted by Gasteiger charge is -2.22. The molecule has 68 valence electrons. The lowest BCUT2D eigenvalue weighted by atomic mass is 9.83. The Bertz CT molecular complexity index is 97.0. The summed E-state index contributed by atoms with van der Waals surface area (Å²) in [6.45, 7) is 13.1. The van der Waals surface area contributed by atoms with E-state index in [1.54, 1.807) is 0 Å². The van der Waals surface area contributed by atoms with Gasteiger partial charge in [-0.05, 0) is 17.8 Å². The quantitative estimate of drug-likeness (QED) is 0.533. The van der Waals surface area contributed by atoms with E-state index in [-0.39, 0.29) is 6.15 Å². The van der Waals surface area contributed by atoms with Crippen molar-refractivity contribution in [2.75, 3.05) is 0 Å². The molecule has 1 rings (SSSR count). The largest absolute Gasteiger partial charge is 0.344 e. The summed E-state index contributed by atoms with van der Waals surface area (Å²) >= 11 is 0. The van der Waals surface area contributed by atoms with E-state index in [2.05, 4.69) is 33.9 Å². The molecule has 0 heterocycles. The van der Waals surface area contributed by atoms with E-state index in [0.717, 1.165) is 5.92 Å². The van der Waals surface area contributed by atoms with Crippen LogP contribution in [0, 0.1) is 11.3 Å². The highest BCUT2D eigenvalue weighted by atomic mass is 14.4.